The molecule has 0 saturated carbocycles. The second-order valence-corrected chi connectivity index (χ2v) is 6.42. The van der Waals surface area contributed by atoms with Crippen molar-refractivity contribution in [3.05, 3.63) is 47.8 Å². The summed E-state index contributed by atoms with van der Waals surface area (Å²) in [6, 6.07) is 6.61. The van der Waals surface area contributed by atoms with E-state index in [1.807, 2.05) is 0 Å². The molecule has 0 radical (unpaired) electrons. The van der Waals surface area contributed by atoms with Crippen LogP contribution in [0.3, 0.4) is 0 Å². The monoisotopic (exact) mass is 371 g/mol. The number of nitrogens with one attached hydrogen (secondary N) is 2. The van der Waals surface area contributed by atoms with E-state index in [1.54, 1.807) is 25.3 Å². The first-order valence-electron chi connectivity index (χ1n) is 8.71. The molecule has 1 aromatic carbocycles. The van der Waals surface area contributed by atoms with Crippen molar-refractivity contribution in [2.24, 2.45) is 5.92 Å². The second-order valence-electron chi connectivity index (χ2n) is 6.42. The predicted octanol–water partition coefficient (Wildman–Crippen LogP) is 3.13. The van der Waals surface area contributed by atoms with Crippen LogP contribution in [0.2, 0.25) is 0 Å². The maximum atomic E-state index is 12.6. The van der Waals surface area contributed by atoms with Crippen LogP contribution >= 0.6 is 0 Å². The molecule has 0 saturated heterocycles. The number of carbonyl (C=O) groups excluding carboxylic acids is 2. The van der Waals surface area contributed by atoms with Crippen molar-refractivity contribution in [1.82, 2.24) is 10.3 Å². The van der Waals surface area contributed by atoms with Crippen molar-refractivity contribution in [3.63, 3.8) is 0 Å². The molecule has 2 amide bonds. The second kappa shape index (κ2) is 9.56. The fraction of sp³-hybridized carbons (Fsp3) is 0.350. The van der Waals surface area contributed by atoms with Gasteiger partial charge in [-0.2, -0.15) is 0 Å². The van der Waals surface area contributed by atoms with E-state index in [9.17, 15) is 9.59 Å². The van der Waals surface area contributed by atoms with Crippen molar-refractivity contribution in [3.8, 4) is 11.5 Å². The summed E-state index contributed by atoms with van der Waals surface area (Å²) in [4.78, 5) is 28.8. The number of rotatable bonds is 8. The molecule has 2 aromatic rings. The molecule has 0 aliphatic heterocycles. The Hall–Kier alpha value is -3.09. The number of amides is 2. The number of anilines is 1. The van der Waals surface area contributed by atoms with E-state index in [4.69, 9.17) is 9.47 Å². The Bertz CT molecular complexity index is 806. The molecular formula is C20H25N3O4. The minimum Gasteiger partial charge on any atom is -0.497 e. The third-order valence-corrected chi connectivity index (χ3v) is 3.92. The minimum absolute atomic E-state index is 0.253. The molecular weight excluding hydrogens is 346 g/mol. The first-order valence-corrected chi connectivity index (χ1v) is 8.71. The van der Waals surface area contributed by atoms with Crippen molar-refractivity contribution < 1.29 is 19.1 Å². The fourth-order valence-corrected chi connectivity index (χ4v) is 2.37. The van der Waals surface area contributed by atoms with Crippen LogP contribution in [0.15, 0.2) is 36.7 Å². The Kier molecular flexibility index (Phi) is 7.16. The maximum Gasteiger partial charge on any atom is 0.257 e. The third kappa shape index (κ3) is 5.70. The zero-order chi connectivity index (χ0) is 19.8. The van der Waals surface area contributed by atoms with Crippen molar-refractivity contribution >= 4 is 17.5 Å². The first kappa shape index (κ1) is 20.2. The number of methoxy groups -OCH3 is 2. The van der Waals surface area contributed by atoms with E-state index < -0.39 is 5.91 Å². The molecule has 7 heteroatoms. The lowest BCUT2D eigenvalue weighted by Crippen LogP contribution is -2.26. The number of aromatic nitrogens is 1. The Morgan fingerprint density at radius 1 is 1.04 bits per heavy atom. The van der Waals surface area contributed by atoms with Gasteiger partial charge >= 0.3 is 0 Å². The summed E-state index contributed by atoms with van der Waals surface area (Å²) >= 11 is 0. The highest BCUT2D eigenvalue weighted by molar-refractivity contribution is 6.06. The van der Waals surface area contributed by atoms with Gasteiger partial charge in [-0.25, -0.2) is 0 Å². The highest BCUT2D eigenvalue weighted by Gasteiger charge is 2.14. The molecule has 0 spiro atoms. The lowest BCUT2D eigenvalue weighted by Gasteiger charge is -2.12. The zero-order valence-electron chi connectivity index (χ0n) is 16.0. The van der Waals surface area contributed by atoms with Gasteiger partial charge in [0.1, 0.15) is 11.5 Å². The number of hydrogen-bond donors (Lipinski definition) is 2. The Morgan fingerprint density at radius 2 is 1.74 bits per heavy atom. The van der Waals surface area contributed by atoms with Gasteiger partial charge in [-0.1, -0.05) is 13.8 Å². The lowest BCUT2D eigenvalue weighted by molar-refractivity contribution is 0.0951. The Morgan fingerprint density at radius 3 is 2.37 bits per heavy atom. The summed E-state index contributed by atoms with van der Waals surface area (Å²) in [7, 11) is 3.06. The quantitative estimate of drug-likeness (QED) is 0.744. The average molecular weight is 371 g/mol. The number of pyridine rings is 1. The van der Waals surface area contributed by atoms with Crippen LogP contribution in [0.25, 0.3) is 0 Å². The Balaban J connectivity index is 2.12. The molecule has 0 fully saturated rings. The number of ether oxygens (including phenoxy) is 2. The molecule has 0 aliphatic carbocycles. The van der Waals surface area contributed by atoms with Crippen LogP contribution in [-0.2, 0) is 0 Å². The summed E-state index contributed by atoms with van der Waals surface area (Å²) in [5, 5.41) is 5.59. The standard InChI is InChI=1S/C20H25N3O4/c1-13(2)7-8-22-19(24)14-9-15(12-21-11-14)20(25)23-17-10-16(26-3)5-6-18(17)27-4/h5-6,9-13H,7-8H2,1-4H3,(H,22,24)(H,23,25). The number of hydrogen-bond acceptors (Lipinski definition) is 5. The van der Waals surface area contributed by atoms with Crippen LogP contribution in [0.1, 0.15) is 41.0 Å². The molecule has 1 aromatic heterocycles. The summed E-state index contributed by atoms with van der Waals surface area (Å²) in [5.41, 5.74) is 1.08. The third-order valence-electron chi connectivity index (χ3n) is 3.92. The summed E-state index contributed by atoms with van der Waals surface area (Å²) in [6.45, 7) is 4.75. The molecule has 0 aliphatic rings. The molecule has 2 N–H and O–H groups in total. The largest absolute Gasteiger partial charge is 0.497 e. The van der Waals surface area contributed by atoms with Gasteiger partial charge in [-0.3, -0.25) is 14.6 Å². The lowest BCUT2D eigenvalue weighted by atomic mass is 10.1. The van der Waals surface area contributed by atoms with Gasteiger partial charge in [0.25, 0.3) is 11.8 Å². The van der Waals surface area contributed by atoms with Gasteiger partial charge in [-0.15, -0.1) is 0 Å². The topological polar surface area (TPSA) is 89.6 Å². The molecule has 27 heavy (non-hydrogen) atoms. The molecule has 144 valence electrons. The van der Waals surface area contributed by atoms with Crippen LogP contribution in [0, 0.1) is 5.92 Å². The van der Waals surface area contributed by atoms with E-state index in [1.165, 1.54) is 25.6 Å². The van der Waals surface area contributed by atoms with Crippen molar-refractivity contribution in [2.75, 3.05) is 26.1 Å². The maximum absolute atomic E-state index is 12.6. The normalized spacial score (nSPS) is 10.4. The molecule has 1 heterocycles. The fourth-order valence-electron chi connectivity index (χ4n) is 2.37. The Labute approximate surface area is 159 Å². The minimum atomic E-state index is -0.397. The molecule has 2 rings (SSSR count). The number of nitrogens with zero attached hydrogens (tertiary/aromatic N) is 1. The van der Waals surface area contributed by atoms with Crippen molar-refractivity contribution in [1.29, 1.82) is 0 Å². The van der Waals surface area contributed by atoms with Gasteiger partial charge < -0.3 is 20.1 Å². The SMILES string of the molecule is COc1ccc(OC)c(NC(=O)c2cncc(C(=O)NCCC(C)C)c2)c1. The number of carbonyl (C=O) groups is 2. The van der Waals surface area contributed by atoms with E-state index in [0.717, 1.165) is 6.42 Å². The van der Waals surface area contributed by atoms with Crippen LogP contribution in [0.5, 0.6) is 11.5 Å². The van der Waals surface area contributed by atoms with Gasteiger partial charge in [0, 0.05) is 25.0 Å². The average Bonchev–Trinajstić information content (AvgIpc) is 2.67. The molecule has 0 atom stereocenters. The van der Waals surface area contributed by atoms with Gasteiger partial charge in [0.15, 0.2) is 0 Å². The van der Waals surface area contributed by atoms with Crippen LogP contribution in [-0.4, -0.2) is 37.6 Å². The van der Waals surface area contributed by atoms with Crippen molar-refractivity contribution in [2.45, 2.75) is 20.3 Å². The predicted molar refractivity (Wildman–Crippen MR) is 104 cm³/mol. The van der Waals surface area contributed by atoms with E-state index >= 15 is 0 Å². The van der Waals surface area contributed by atoms with E-state index in [0.29, 0.717) is 35.2 Å². The summed E-state index contributed by atoms with van der Waals surface area (Å²) in [6.07, 6.45) is 3.73. The summed E-state index contributed by atoms with van der Waals surface area (Å²) in [5.74, 6) is 0.934. The zero-order valence-corrected chi connectivity index (χ0v) is 16.0. The first-order chi connectivity index (χ1) is 12.9. The summed E-state index contributed by atoms with van der Waals surface area (Å²) < 4.78 is 10.4. The van der Waals surface area contributed by atoms with Crippen LogP contribution < -0.4 is 20.1 Å². The molecule has 7 nitrogen and oxygen atoms in total. The highest BCUT2D eigenvalue weighted by atomic mass is 16.5. The molecule has 0 bridgehead atoms. The van der Waals surface area contributed by atoms with E-state index in [-0.39, 0.29) is 11.5 Å². The van der Waals surface area contributed by atoms with Gasteiger partial charge in [0.2, 0.25) is 0 Å². The van der Waals surface area contributed by atoms with Gasteiger partial charge in [0.05, 0.1) is 31.0 Å². The van der Waals surface area contributed by atoms with E-state index in [2.05, 4.69) is 29.5 Å². The highest BCUT2D eigenvalue weighted by Crippen LogP contribution is 2.29. The molecule has 0 unspecified atom stereocenters. The smallest absolute Gasteiger partial charge is 0.257 e. The van der Waals surface area contributed by atoms with Crippen LogP contribution in [0.4, 0.5) is 5.69 Å². The van der Waals surface area contributed by atoms with Gasteiger partial charge in [-0.05, 0) is 30.5 Å². The number of benzene rings is 1.